The highest BCUT2D eigenvalue weighted by molar-refractivity contribution is 6.03. The molecule has 0 aromatic heterocycles. The summed E-state index contributed by atoms with van der Waals surface area (Å²) in [5.74, 6) is 0.0385. The maximum absolute atomic E-state index is 12.0. The first kappa shape index (κ1) is 14.4. The fourth-order valence-electron chi connectivity index (χ4n) is 3.08. The van der Waals surface area contributed by atoms with Crippen LogP contribution in [-0.2, 0) is 9.53 Å². The molecule has 5 heteroatoms. The zero-order valence-electron chi connectivity index (χ0n) is 12.7. The van der Waals surface area contributed by atoms with Gasteiger partial charge in [0, 0.05) is 36.6 Å². The minimum absolute atomic E-state index is 0.0385. The van der Waals surface area contributed by atoms with E-state index in [2.05, 4.69) is 40.7 Å². The van der Waals surface area contributed by atoms with Crippen molar-refractivity contribution >= 4 is 17.3 Å². The van der Waals surface area contributed by atoms with Gasteiger partial charge in [-0.15, -0.1) is 0 Å². The Morgan fingerprint density at radius 2 is 2.33 bits per heavy atom. The highest BCUT2D eigenvalue weighted by Gasteiger charge is 2.30. The lowest BCUT2D eigenvalue weighted by Crippen LogP contribution is -2.30. The van der Waals surface area contributed by atoms with Crippen molar-refractivity contribution in [2.45, 2.75) is 32.4 Å². The number of nitrogens with one attached hydrogen (secondary N) is 2. The molecule has 2 heterocycles. The average Bonchev–Trinajstić information content (AvgIpc) is 2.64. The topological polar surface area (TPSA) is 53.6 Å². The third kappa shape index (κ3) is 2.89. The van der Waals surface area contributed by atoms with Gasteiger partial charge in [0.2, 0.25) is 5.91 Å². The largest absolute Gasteiger partial charge is 0.377 e. The highest BCUT2D eigenvalue weighted by atomic mass is 16.5. The minimum atomic E-state index is -0.217. The van der Waals surface area contributed by atoms with Gasteiger partial charge in [-0.1, -0.05) is 13.0 Å². The number of anilines is 2. The molecule has 0 saturated carbocycles. The number of hydrogen-bond acceptors (Lipinski definition) is 4. The number of carbonyl (C=O) groups excluding carboxylic acids is 1. The van der Waals surface area contributed by atoms with Crippen LogP contribution in [0.3, 0.4) is 0 Å². The lowest BCUT2D eigenvalue weighted by molar-refractivity contribution is -0.117. The molecule has 114 valence electrons. The Bertz CT molecular complexity index is 532. The standard InChI is InChI=1S/C16H23N3O2/c1-3-17-15-13-6-5-12(9-14(13)18-16(15)20)19-7-4-8-21-11(2)10-19/h5-6,9,11,15,17H,3-4,7-8,10H2,1-2H3,(H,18,20). The predicted molar refractivity (Wildman–Crippen MR) is 83.7 cm³/mol. The van der Waals surface area contributed by atoms with Gasteiger partial charge in [0.05, 0.1) is 6.10 Å². The molecule has 1 amide bonds. The molecule has 2 atom stereocenters. The smallest absolute Gasteiger partial charge is 0.246 e. The van der Waals surface area contributed by atoms with Gasteiger partial charge in [0.25, 0.3) is 0 Å². The lowest BCUT2D eigenvalue weighted by Gasteiger charge is -2.25. The summed E-state index contributed by atoms with van der Waals surface area (Å²) in [6, 6.07) is 6.04. The summed E-state index contributed by atoms with van der Waals surface area (Å²) < 4.78 is 5.69. The van der Waals surface area contributed by atoms with Crippen molar-refractivity contribution < 1.29 is 9.53 Å². The van der Waals surface area contributed by atoms with E-state index in [0.29, 0.717) is 0 Å². The Kier molecular flexibility index (Phi) is 4.12. The van der Waals surface area contributed by atoms with Crippen LogP contribution in [0.25, 0.3) is 0 Å². The van der Waals surface area contributed by atoms with Crippen molar-refractivity contribution in [1.29, 1.82) is 0 Å². The number of ether oxygens (including phenoxy) is 1. The fraction of sp³-hybridized carbons (Fsp3) is 0.562. The van der Waals surface area contributed by atoms with E-state index >= 15 is 0 Å². The van der Waals surface area contributed by atoms with E-state index in [1.807, 2.05) is 6.92 Å². The number of rotatable bonds is 3. The van der Waals surface area contributed by atoms with Crippen LogP contribution in [0.1, 0.15) is 31.9 Å². The molecule has 0 radical (unpaired) electrons. The highest BCUT2D eigenvalue weighted by Crippen LogP contribution is 2.34. The quantitative estimate of drug-likeness (QED) is 0.892. The Labute approximate surface area is 125 Å². The Morgan fingerprint density at radius 1 is 1.48 bits per heavy atom. The average molecular weight is 289 g/mol. The molecule has 3 rings (SSSR count). The predicted octanol–water partition coefficient (Wildman–Crippen LogP) is 1.90. The van der Waals surface area contributed by atoms with Crippen LogP contribution >= 0.6 is 0 Å². The number of carbonyl (C=O) groups is 1. The number of nitrogens with zero attached hydrogens (tertiary/aromatic N) is 1. The molecule has 21 heavy (non-hydrogen) atoms. The molecular weight excluding hydrogens is 266 g/mol. The van der Waals surface area contributed by atoms with Gasteiger partial charge in [-0.3, -0.25) is 4.79 Å². The van der Waals surface area contributed by atoms with Crippen LogP contribution in [0.15, 0.2) is 18.2 Å². The van der Waals surface area contributed by atoms with E-state index in [1.54, 1.807) is 0 Å². The van der Waals surface area contributed by atoms with Crippen LogP contribution in [-0.4, -0.2) is 38.3 Å². The molecule has 1 aromatic carbocycles. The molecule has 5 nitrogen and oxygen atoms in total. The van der Waals surface area contributed by atoms with Crippen molar-refractivity contribution in [3.05, 3.63) is 23.8 Å². The lowest BCUT2D eigenvalue weighted by atomic mass is 10.1. The van der Waals surface area contributed by atoms with Crippen LogP contribution < -0.4 is 15.5 Å². The molecule has 2 aliphatic rings. The van der Waals surface area contributed by atoms with E-state index in [0.717, 1.165) is 49.6 Å². The van der Waals surface area contributed by atoms with E-state index in [9.17, 15) is 4.79 Å². The summed E-state index contributed by atoms with van der Waals surface area (Å²) in [6.07, 6.45) is 1.28. The van der Waals surface area contributed by atoms with Crippen molar-refractivity contribution in [3.8, 4) is 0 Å². The van der Waals surface area contributed by atoms with Crippen molar-refractivity contribution in [2.75, 3.05) is 36.5 Å². The van der Waals surface area contributed by atoms with E-state index in [1.165, 1.54) is 0 Å². The summed E-state index contributed by atoms with van der Waals surface area (Å²) in [6.45, 7) is 7.60. The maximum atomic E-state index is 12.0. The number of likely N-dealkylation sites (N-methyl/N-ethyl adjacent to an activating group) is 1. The summed E-state index contributed by atoms with van der Waals surface area (Å²) in [4.78, 5) is 14.3. The van der Waals surface area contributed by atoms with Crippen LogP contribution in [0.4, 0.5) is 11.4 Å². The van der Waals surface area contributed by atoms with Crippen LogP contribution in [0.5, 0.6) is 0 Å². The minimum Gasteiger partial charge on any atom is -0.377 e. The third-order valence-electron chi connectivity index (χ3n) is 4.09. The number of benzene rings is 1. The third-order valence-corrected chi connectivity index (χ3v) is 4.09. The second kappa shape index (κ2) is 6.03. The normalized spacial score (nSPS) is 25.4. The number of amides is 1. The van der Waals surface area contributed by atoms with Gasteiger partial charge in [-0.05, 0) is 32.0 Å². The molecular formula is C16H23N3O2. The van der Waals surface area contributed by atoms with E-state index in [4.69, 9.17) is 4.74 Å². The first-order valence-corrected chi connectivity index (χ1v) is 7.73. The molecule has 2 N–H and O–H groups in total. The van der Waals surface area contributed by atoms with Crippen LogP contribution in [0.2, 0.25) is 0 Å². The summed E-state index contributed by atoms with van der Waals surface area (Å²) >= 11 is 0. The summed E-state index contributed by atoms with van der Waals surface area (Å²) in [7, 11) is 0. The number of hydrogen-bond donors (Lipinski definition) is 2. The zero-order valence-corrected chi connectivity index (χ0v) is 12.7. The summed E-state index contributed by atoms with van der Waals surface area (Å²) in [5.41, 5.74) is 3.13. The first-order chi connectivity index (χ1) is 10.2. The van der Waals surface area contributed by atoms with E-state index < -0.39 is 0 Å². The monoisotopic (exact) mass is 289 g/mol. The van der Waals surface area contributed by atoms with Crippen LogP contribution in [0, 0.1) is 0 Å². The first-order valence-electron chi connectivity index (χ1n) is 7.73. The fourth-order valence-corrected chi connectivity index (χ4v) is 3.08. The summed E-state index contributed by atoms with van der Waals surface area (Å²) in [5, 5.41) is 6.20. The van der Waals surface area contributed by atoms with Crippen molar-refractivity contribution in [3.63, 3.8) is 0 Å². The molecule has 1 aromatic rings. The molecule has 0 spiro atoms. The Hall–Kier alpha value is -1.59. The number of fused-ring (bicyclic) bond motifs is 1. The molecule has 2 aliphatic heterocycles. The molecule has 0 bridgehead atoms. The van der Waals surface area contributed by atoms with Gasteiger partial charge in [0.15, 0.2) is 0 Å². The van der Waals surface area contributed by atoms with Gasteiger partial charge in [-0.25, -0.2) is 0 Å². The molecule has 0 aliphatic carbocycles. The molecule has 1 fully saturated rings. The van der Waals surface area contributed by atoms with Gasteiger partial charge < -0.3 is 20.3 Å². The van der Waals surface area contributed by atoms with Gasteiger partial charge in [-0.2, -0.15) is 0 Å². The Morgan fingerprint density at radius 3 is 3.14 bits per heavy atom. The van der Waals surface area contributed by atoms with Gasteiger partial charge in [0.1, 0.15) is 6.04 Å². The van der Waals surface area contributed by atoms with Crippen molar-refractivity contribution in [1.82, 2.24) is 5.32 Å². The second-order valence-electron chi connectivity index (χ2n) is 5.73. The molecule has 1 saturated heterocycles. The second-order valence-corrected chi connectivity index (χ2v) is 5.73. The SMILES string of the molecule is CCNC1C(=O)Nc2cc(N3CCCOC(C)C3)ccc21. The van der Waals surface area contributed by atoms with Gasteiger partial charge >= 0.3 is 0 Å². The van der Waals surface area contributed by atoms with Crippen molar-refractivity contribution in [2.24, 2.45) is 0 Å². The maximum Gasteiger partial charge on any atom is 0.246 e. The zero-order chi connectivity index (χ0) is 14.8. The Balaban J connectivity index is 1.83. The van der Waals surface area contributed by atoms with E-state index in [-0.39, 0.29) is 18.1 Å². The molecule has 2 unspecified atom stereocenters.